The van der Waals surface area contributed by atoms with Gasteiger partial charge >= 0.3 is 0 Å². The number of nitrogens with zero attached hydrogens (tertiary/aromatic N) is 3. The lowest BCUT2D eigenvalue weighted by Gasteiger charge is -2.36. The SMILES string of the molecule is CN(C)S(=O)(=O)c1ccc(C(=O)N2CCCN(C3CCC3)CC2)cc1. The summed E-state index contributed by atoms with van der Waals surface area (Å²) in [7, 11) is -0.463. The van der Waals surface area contributed by atoms with Gasteiger partial charge in [-0.1, -0.05) is 6.42 Å². The van der Waals surface area contributed by atoms with Gasteiger partial charge in [0.15, 0.2) is 0 Å². The number of amides is 1. The van der Waals surface area contributed by atoms with Crippen LogP contribution in [-0.4, -0.2) is 74.7 Å². The van der Waals surface area contributed by atoms with Crippen molar-refractivity contribution in [2.75, 3.05) is 40.3 Å². The van der Waals surface area contributed by atoms with Crippen molar-refractivity contribution in [2.24, 2.45) is 0 Å². The largest absolute Gasteiger partial charge is 0.337 e. The molecule has 0 atom stereocenters. The van der Waals surface area contributed by atoms with E-state index in [9.17, 15) is 13.2 Å². The molecule has 1 aliphatic heterocycles. The average molecular weight is 365 g/mol. The maximum absolute atomic E-state index is 12.8. The zero-order valence-corrected chi connectivity index (χ0v) is 15.8. The molecule has 0 bridgehead atoms. The molecule has 1 aliphatic carbocycles. The first-order valence-corrected chi connectivity index (χ1v) is 10.4. The lowest BCUT2D eigenvalue weighted by atomic mass is 9.91. The molecule has 138 valence electrons. The first-order chi connectivity index (χ1) is 11.9. The van der Waals surface area contributed by atoms with E-state index in [-0.39, 0.29) is 10.8 Å². The zero-order valence-electron chi connectivity index (χ0n) is 15.0. The minimum atomic E-state index is -3.46. The van der Waals surface area contributed by atoms with Gasteiger partial charge in [-0.15, -0.1) is 0 Å². The third-order valence-corrected chi connectivity index (χ3v) is 7.12. The van der Waals surface area contributed by atoms with Gasteiger partial charge < -0.3 is 4.90 Å². The van der Waals surface area contributed by atoms with Crippen molar-refractivity contribution in [1.82, 2.24) is 14.1 Å². The van der Waals surface area contributed by atoms with Crippen LogP contribution in [0.1, 0.15) is 36.0 Å². The van der Waals surface area contributed by atoms with E-state index in [2.05, 4.69) is 4.90 Å². The summed E-state index contributed by atoms with van der Waals surface area (Å²) < 4.78 is 25.4. The molecule has 1 aromatic rings. The van der Waals surface area contributed by atoms with Crippen LogP contribution in [0.25, 0.3) is 0 Å². The Morgan fingerprint density at radius 2 is 1.68 bits per heavy atom. The molecular weight excluding hydrogens is 338 g/mol. The summed E-state index contributed by atoms with van der Waals surface area (Å²) in [5.74, 6) is -0.00994. The van der Waals surface area contributed by atoms with E-state index in [4.69, 9.17) is 0 Å². The van der Waals surface area contributed by atoms with Crippen molar-refractivity contribution in [3.8, 4) is 0 Å². The molecule has 2 fully saturated rings. The molecule has 25 heavy (non-hydrogen) atoms. The van der Waals surface area contributed by atoms with Gasteiger partial charge in [-0.3, -0.25) is 9.69 Å². The van der Waals surface area contributed by atoms with Gasteiger partial charge in [-0.05, 0) is 43.5 Å². The fourth-order valence-corrected chi connectivity index (χ4v) is 4.32. The number of sulfonamides is 1. The van der Waals surface area contributed by atoms with Crippen LogP contribution < -0.4 is 0 Å². The Balaban J connectivity index is 1.66. The Morgan fingerprint density at radius 3 is 2.24 bits per heavy atom. The highest BCUT2D eigenvalue weighted by atomic mass is 32.2. The summed E-state index contributed by atoms with van der Waals surface area (Å²) in [5, 5.41) is 0. The molecule has 1 saturated carbocycles. The smallest absolute Gasteiger partial charge is 0.253 e. The minimum absolute atomic E-state index is 0.00994. The Labute approximate surface area is 150 Å². The van der Waals surface area contributed by atoms with Crippen LogP contribution in [0.4, 0.5) is 0 Å². The molecule has 6 nitrogen and oxygen atoms in total. The van der Waals surface area contributed by atoms with E-state index in [1.807, 2.05) is 4.90 Å². The molecule has 2 aliphatic rings. The molecule has 0 aromatic heterocycles. The highest BCUT2D eigenvalue weighted by Gasteiger charge is 2.28. The summed E-state index contributed by atoms with van der Waals surface area (Å²) >= 11 is 0. The van der Waals surface area contributed by atoms with E-state index < -0.39 is 10.0 Å². The van der Waals surface area contributed by atoms with Crippen LogP contribution in [0.15, 0.2) is 29.2 Å². The number of carbonyl (C=O) groups is 1. The van der Waals surface area contributed by atoms with Gasteiger partial charge in [0.05, 0.1) is 4.90 Å². The van der Waals surface area contributed by atoms with Crippen molar-refractivity contribution in [1.29, 1.82) is 0 Å². The summed E-state index contributed by atoms with van der Waals surface area (Å²) in [5.41, 5.74) is 0.551. The fraction of sp³-hybridized carbons (Fsp3) is 0.611. The highest BCUT2D eigenvalue weighted by molar-refractivity contribution is 7.89. The second kappa shape index (κ2) is 7.43. The van der Waals surface area contributed by atoms with Crippen LogP contribution in [0, 0.1) is 0 Å². The molecule has 1 heterocycles. The van der Waals surface area contributed by atoms with E-state index in [0.29, 0.717) is 11.6 Å². The number of hydrogen-bond donors (Lipinski definition) is 0. The summed E-state index contributed by atoms with van der Waals surface area (Å²) in [6.45, 7) is 3.50. The predicted molar refractivity (Wildman–Crippen MR) is 97.0 cm³/mol. The van der Waals surface area contributed by atoms with Gasteiger partial charge in [0.1, 0.15) is 0 Å². The highest BCUT2D eigenvalue weighted by Crippen LogP contribution is 2.25. The molecule has 0 N–H and O–H groups in total. The van der Waals surface area contributed by atoms with Crippen molar-refractivity contribution < 1.29 is 13.2 Å². The molecular formula is C18H27N3O3S. The van der Waals surface area contributed by atoms with Gasteiger partial charge in [0, 0.05) is 51.9 Å². The standard InChI is InChI=1S/C18H27N3O3S/c1-19(2)25(23,24)17-9-7-15(8-10-17)18(22)21-12-4-11-20(13-14-21)16-5-3-6-16/h7-10,16H,3-6,11-14H2,1-2H3. The first-order valence-electron chi connectivity index (χ1n) is 8.95. The van der Waals surface area contributed by atoms with Gasteiger partial charge in [-0.2, -0.15) is 0 Å². The quantitative estimate of drug-likeness (QED) is 0.814. The Bertz CT molecular complexity index is 712. The monoisotopic (exact) mass is 365 g/mol. The Hall–Kier alpha value is -1.44. The Kier molecular flexibility index (Phi) is 5.46. The van der Waals surface area contributed by atoms with Crippen molar-refractivity contribution in [3.05, 3.63) is 29.8 Å². The maximum atomic E-state index is 12.8. The van der Waals surface area contributed by atoms with E-state index in [1.165, 1.54) is 49.8 Å². The molecule has 0 spiro atoms. The molecule has 0 radical (unpaired) electrons. The maximum Gasteiger partial charge on any atom is 0.253 e. The van der Waals surface area contributed by atoms with Crippen LogP contribution in [-0.2, 0) is 10.0 Å². The molecule has 3 rings (SSSR count). The number of rotatable bonds is 4. The van der Waals surface area contributed by atoms with Gasteiger partial charge in [0.2, 0.25) is 10.0 Å². The summed E-state index contributed by atoms with van der Waals surface area (Å²) in [6, 6.07) is 6.98. The van der Waals surface area contributed by atoms with Crippen molar-refractivity contribution >= 4 is 15.9 Å². The first kappa shape index (κ1) is 18.4. The molecule has 1 amide bonds. The summed E-state index contributed by atoms with van der Waals surface area (Å²) in [4.78, 5) is 17.4. The topological polar surface area (TPSA) is 60.9 Å². The molecule has 0 unspecified atom stereocenters. The fourth-order valence-electron chi connectivity index (χ4n) is 3.42. The zero-order chi connectivity index (χ0) is 18.0. The van der Waals surface area contributed by atoms with E-state index in [1.54, 1.807) is 12.1 Å². The lowest BCUT2D eigenvalue weighted by molar-refractivity contribution is 0.0749. The third-order valence-electron chi connectivity index (χ3n) is 5.29. The third kappa shape index (κ3) is 3.88. The average Bonchev–Trinajstić information content (AvgIpc) is 2.78. The second-order valence-electron chi connectivity index (χ2n) is 7.08. The minimum Gasteiger partial charge on any atom is -0.337 e. The van der Waals surface area contributed by atoms with Gasteiger partial charge in [0.25, 0.3) is 5.91 Å². The molecule has 1 aromatic carbocycles. The van der Waals surface area contributed by atoms with Crippen LogP contribution >= 0.6 is 0 Å². The summed E-state index contributed by atoms with van der Waals surface area (Å²) in [6.07, 6.45) is 4.90. The van der Waals surface area contributed by atoms with E-state index in [0.717, 1.165) is 32.6 Å². The van der Waals surface area contributed by atoms with Crippen LogP contribution in [0.5, 0.6) is 0 Å². The normalized spacial score (nSPS) is 20.4. The van der Waals surface area contributed by atoms with Crippen molar-refractivity contribution in [3.63, 3.8) is 0 Å². The van der Waals surface area contributed by atoms with Gasteiger partial charge in [-0.25, -0.2) is 12.7 Å². The van der Waals surface area contributed by atoms with E-state index >= 15 is 0 Å². The number of hydrogen-bond acceptors (Lipinski definition) is 4. The Morgan fingerprint density at radius 1 is 1.00 bits per heavy atom. The van der Waals surface area contributed by atoms with Crippen LogP contribution in [0.3, 0.4) is 0 Å². The lowest BCUT2D eigenvalue weighted by Crippen LogP contribution is -2.42. The van der Waals surface area contributed by atoms with Crippen molar-refractivity contribution in [2.45, 2.75) is 36.6 Å². The van der Waals surface area contributed by atoms with Crippen LogP contribution in [0.2, 0.25) is 0 Å². The molecule has 1 saturated heterocycles. The molecule has 7 heteroatoms. The predicted octanol–water partition coefficient (Wildman–Crippen LogP) is 1.64. The number of benzene rings is 1. The number of carbonyl (C=O) groups excluding carboxylic acids is 1. The second-order valence-corrected chi connectivity index (χ2v) is 9.23.